The van der Waals surface area contributed by atoms with Gasteiger partial charge in [0.15, 0.2) is 0 Å². The van der Waals surface area contributed by atoms with Gasteiger partial charge in [-0.1, -0.05) is 0 Å². The van der Waals surface area contributed by atoms with Crippen molar-refractivity contribution in [1.82, 2.24) is 0 Å². The van der Waals surface area contributed by atoms with E-state index in [1.54, 1.807) is 4.98 Å². The molecule has 0 N–H and O–H groups in total. The zero-order chi connectivity index (χ0) is 4.24. The van der Waals surface area contributed by atoms with E-state index in [4.69, 9.17) is 0 Å². The quantitative estimate of drug-likeness (QED) is 0.496. The van der Waals surface area contributed by atoms with Gasteiger partial charge >= 0.3 is 50.6 Å². The SMILES string of the molecule is C1=[CH][Ga]=[Ga][CH2]C1. The normalized spacial score (nSPS) is 16.0. The molecule has 1 rings (SSSR count). The third kappa shape index (κ3) is 1.64. The summed E-state index contributed by atoms with van der Waals surface area (Å²) >= 11 is 0.814. The summed E-state index contributed by atoms with van der Waals surface area (Å²) in [6.07, 6.45) is 3.80. The van der Waals surface area contributed by atoms with Crippen molar-refractivity contribution in [3.8, 4) is 0 Å². The van der Waals surface area contributed by atoms with Crippen LogP contribution in [0, 0.1) is 0 Å². The van der Waals surface area contributed by atoms with Crippen LogP contribution in [0.2, 0.25) is 4.98 Å². The summed E-state index contributed by atoms with van der Waals surface area (Å²) in [4.78, 5) is 1.64. The van der Waals surface area contributed by atoms with E-state index in [1.165, 1.54) is 6.42 Å². The molecule has 0 radical (unpaired) electrons. The maximum absolute atomic E-state index is 2.49. The molecule has 0 saturated heterocycles. The van der Waals surface area contributed by atoms with Crippen molar-refractivity contribution in [2.75, 3.05) is 0 Å². The average molecular weight is 194 g/mol. The first-order valence-electron chi connectivity index (χ1n) is 2.32. The van der Waals surface area contributed by atoms with E-state index in [9.17, 15) is 0 Å². The van der Waals surface area contributed by atoms with Crippen LogP contribution in [-0.2, 0) is 0 Å². The molecule has 0 aromatic carbocycles. The fraction of sp³-hybridized carbons (Fsp3) is 0.500. The van der Waals surface area contributed by atoms with Gasteiger partial charge in [-0.3, -0.25) is 0 Å². The van der Waals surface area contributed by atoms with Crippen LogP contribution in [0.3, 0.4) is 0 Å². The summed E-state index contributed by atoms with van der Waals surface area (Å²) in [6.45, 7) is 0. The minimum atomic E-state index is 0.360. The maximum atomic E-state index is 2.49. The molecule has 1 aliphatic rings. The Kier molecular flexibility index (Phi) is 2.64. The van der Waals surface area contributed by atoms with Gasteiger partial charge in [0.2, 0.25) is 0 Å². The van der Waals surface area contributed by atoms with Gasteiger partial charge in [0.1, 0.15) is 0 Å². The molecule has 0 bridgehead atoms. The molecule has 0 aromatic heterocycles. The number of hydrogen-bond donors (Lipinski definition) is 0. The number of rotatable bonds is 0. The van der Waals surface area contributed by atoms with Crippen LogP contribution < -0.4 is 0 Å². The zero-order valence-corrected chi connectivity index (χ0v) is 8.57. The van der Waals surface area contributed by atoms with E-state index in [0.717, 1.165) is 0 Å². The molecule has 0 fully saturated rings. The molecule has 0 unspecified atom stereocenters. The van der Waals surface area contributed by atoms with E-state index in [-0.39, 0.29) is 0 Å². The average Bonchev–Trinajstić information content (AvgIpc) is 1.72. The molecule has 0 saturated carbocycles. The minimum absolute atomic E-state index is 0.360. The fourth-order valence-corrected chi connectivity index (χ4v) is 10.4. The van der Waals surface area contributed by atoms with Gasteiger partial charge in [-0.25, -0.2) is 0 Å². The van der Waals surface area contributed by atoms with Crippen LogP contribution in [0.4, 0.5) is 0 Å². The molecular weight excluding hydrogens is 187 g/mol. The second-order valence-corrected chi connectivity index (χ2v) is 14.6. The molecule has 0 nitrogen and oxygen atoms in total. The van der Waals surface area contributed by atoms with E-state index in [2.05, 4.69) is 10.7 Å². The van der Waals surface area contributed by atoms with E-state index < -0.39 is 0 Å². The first-order chi connectivity index (χ1) is 3.00. The molecule has 1 heterocycles. The summed E-state index contributed by atoms with van der Waals surface area (Å²) in [7, 11) is 0. The number of allylic oxidation sites excluding steroid dienone is 1. The predicted octanol–water partition coefficient (Wildman–Crippen LogP) is 0.645. The molecule has 1 aliphatic heterocycles. The summed E-state index contributed by atoms with van der Waals surface area (Å²) in [5, 5.41) is 0. The van der Waals surface area contributed by atoms with Crippen LogP contribution >= 0.6 is 0 Å². The Balaban J connectivity index is 2.46. The molecule has 0 amide bonds. The molecule has 2 heteroatoms. The van der Waals surface area contributed by atoms with Crippen LogP contribution in [0.25, 0.3) is 0 Å². The second-order valence-electron chi connectivity index (χ2n) is 1.43. The van der Waals surface area contributed by atoms with Crippen molar-refractivity contribution >= 4 is 28.5 Å². The summed E-state index contributed by atoms with van der Waals surface area (Å²) < 4.78 is 2.49. The summed E-state index contributed by atoms with van der Waals surface area (Å²) in [5.74, 6) is 0. The molecule has 0 aromatic rings. The van der Waals surface area contributed by atoms with Gasteiger partial charge in [-0.2, -0.15) is 0 Å². The third-order valence-electron chi connectivity index (χ3n) is 0.883. The van der Waals surface area contributed by atoms with E-state index in [1.807, 2.05) is 0 Å². The second kappa shape index (κ2) is 3.07. The van der Waals surface area contributed by atoms with Crippen LogP contribution in [0.1, 0.15) is 6.42 Å². The van der Waals surface area contributed by atoms with Gasteiger partial charge in [0.05, 0.1) is 0 Å². The van der Waals surface area contributed by atoms with Gasteiger partial charge in [-0.05, 0) is 0 Å². The first kappa shape index (κ1) is 5.16. The van der Waals surface area contributed by atoms with Crippen LogP contribution in [-0.4, -0.2) is 28.5 Å². The Morgan fingerprint density at radius 3 is 2.67 bits per heavy atom. The van der Waals surface area contributed by atoms with Crippen molar-refractivity contribution in [3.05, 3.63) is 10.7 Å². The van der Waals surface area contributed by atoms with E-state index >= 15 is 0 Å². The molecule has 0 atom stereocenters. The number of hydrogen-bond acceptors (Lipinski definition) is 0. The topological polar surface area (TPSA) is 0 Å². The standard InChI is InChI=1S/C4H6.2Ga/c1-3-4-2;;/h1,3H,2,4H2;;. The van der Waals surface area contributed by atoms with Crippen molar-refractivity contribution < 1.29 is 0 Å². The van der Waals surface area contributed by atoms with Crippen molar-refractivity contribution in [3.63, 3.8) is 0 Å². The van der Waals surface area contributed by atoms with Crippen molar-refractivity contribution in [2.45, 2.75) is 11.4 Å². The molecular formula is C4H6Ga2. The Hall–Kier alpha value is 1.01. The molecule has 0 spiro atoms. The zero-order valence-electron chi connectivity index (χ0n) is 3.72. The Morgan fingerprint density at radius 1 is 1.50 bits per heavy atom. The summed E-state index contributed by atoms with van der Waals surface area (Å²) in [5.41, 5.74) is 0. The molecule has 6 heavy (non-hydrogen) atoms. The van der Waals surface area contributed by atoms with Crippen LogP contribution in [0.15, 0.2) is 10.7 Å². The Labute approximate surface area is 50.5 Å². The molecule has 0 aliphatic carbocycles. The van der Waals surface area contributed by atoms with Gasteiger partial charge in [0, 0.05) is 0 Å². The summed E-state index contributed by atoms with van der Waals surface area (Å²) in [6, 6.07) is 0. The third-order valence-corrected chi connectivity index (χ3v) is 12.9. The van der Waals surface area contributed by atoms with Gasteiger partial charge < -0.3 is 0 Å². The Morgan fingerprint density at radius 2 is 2.50 bits per heavy atom. The van der Waals surface area contributed by atoms with Crippen LogP contribution in [0.5, 0.6) is 0 Å². The Bertz CT molecular complexity index is 71.5. The van der Waals surface area contributed by atoms with Gasteiger partial charge in [0.25, 0.3) is 0 Å². The molecule has 28 valence electrons. The first-order valence-corrected chi connectivity index (χ1v) is 14.1. The van der Waals surface area contributed by atoms with Crippen molar-refractivity contribution in [2.24, 2.45) is 0 Å². The van der Waals surface area contributed by atoms with Crippen molar-refractivity contribution in [1.29, 1.82) is 0 Å². The fourth-order valence-electron chi connectivity index (χ4n) is 0.542. The van der Waals surface area contributed by atoms with Gasteiger partial charge in [-0.15, -0.1) is 0 Å². The van der Waals surface area contributed by atoms with E-state index in [0.29, 0.717) is 28.5 Å². The monoisotopic (exact) mass is 192 g/mol. The predicted molar refractivity (Wildman–Crippen MR) is 30.1 cm³/mol.